The molecule has 82 valence electrons. The second-order valence-corrected chi connectivity index (χ2v) is 4.92. The molecule has 3 atom stereocenters. The van der Waals surface area contributed by atoms with Crippen LogP contribution in [-0.4, -0.2) is 34.7 Å². The molecule has 2 heteroatoms. The van der Waals surface area contributed by atoms with Gasteiger partial charge in [-0.25, -0.2) is 0 Å². The fourth-order valence-corrected chi connectivity index (χ4v) is 3.18. The van der Waals surface area contributed by atoms with E-state index in [1.165, 1.54) is 38.6 Å². The van der Waals surface area contributed by atoms with Gasteiger partial charge >= 0.3 is 0 Å². The van der Waals surface area contributed by atoms with Crippen LogP contribution in [0.25, 0.3) is 0 Å². The fraction of sp³-hybridized carbons (Fsp3) is 1.00. The number of hydrogen-bond acceptors (Lipinski definition) is 2. The standard InChI is InChI=1S/C12H23NO/c1-2-10-5-3-4-8-13(10)11-6-7-12(14)9-11/h10-12,14H,2-9H2,1H3. The zero-order valence-electron chi connectivity index (χ0n) is 9.28. The van der Waals surface area contributed by atoms with E-state index in [-0.39, 0.29) is 6.10 Å². The summed E-state index contributed by atoms with van der Waals surface area (Å²) in [5.41, 5.74) is 0. The Kier molecular flexibility index (Phi) is 3.45. The van der Waals surface area contributed by atoms with Crippen LogP contribution in [0.4, 0.5) is 0 Å². The molecule has 1 aliphatic carbocycles. The maximum atomic E-state index is 9.56. The van der Waals surface area contributed by atoms with E-state index < -0.39 is 0 Å². The summed E-state index contributed by atoms with van der Waals surface area (Å²) in [6.45, 7) is 3.57. The van der Waals surface area contributed by atoms with Gasteiger partial charge in [-0.1, -0.05) is 13.3 Å². The van der Waals surface area contributed by atoms with Crippen molar-refractivity contribution in [2.45, 2.75) is 70.1 Å². The largest absolute Gasteiger partial charge is 0.393 e. The van der Waals surface area contributed by atoms with E-state index in [2.05, 4.69) is 11.8 Å². The molecule has 0 aromatic carbocycles. The van der Waals surface area contributed by atoms with Crippen molar-refractivity contribution < 1.29 is 5.11 Å². The molecule has 14 heavy (non-hydrogen) atoms. The minimum absolute atomic E-state index is 0.0144. The minimum Gasteiger partial charge on any atom is -0.393 e. The molecule has 0 aromatic heterocycles. The molecular formula is C12H23NO. The molecular weight excluding hydrogens is 174 g/mol. The average Bonchev–Trinajstić information content (AvgIpc) is 2.65. The van der Waals surface area contributed by atoms with Gasteiger partial charge in [0.15, 0.2) is 0 Å². The van der Waals surface area contributed by atoms with Crippen LogP contribution in [0.3, 0.4) is 0 Å². The summed E-state index contributed by atoms with van der Waals surface area (Å²) in [6, 6.07) is 1.49. The Morgan fingerprint density at radius 3 is 2.71 bits per heavy atom. The summed E-state index contributed by atoms with van der Waals surface area (Å²) in [7, 11) is 0. The van der Waals surface area contributed by atoms with Crippen LogP contribution in [0.1, 0.15) is 51.9 Å². The third-order valence-corrected chi connectivity index (χ3v) is 3.99. The molecule has 1 aliphatic heterocycles. The Bertz CT molecular complexity index is 183. The number of hydrogen-bond donors (Lipinski definition) is 1. The predicted molar refractivity (Wildman–Crippen MR) is 58.3 cm³/mol. The fourth-order valence-electron chi connectivity index (χ4n) is 3.18. The minimum atomic E-state index is -0.0144. The zero-order chi connectivity index (χ0) is 9.97. The molecule has 1 saturated carbocycles. The Labute approximate surface area is 87.3 Å². The molecule has 1 N–H and O–H groups in total. The van der Waals surface area contributed by atoms with E-state index >= 15 is 0 Å². The van der Waals surface area contributed by atoms with E-state index in [1.54, 1.807) is 0 Å². The molecule has 2 fully saturated rings. The van der Waals surface area contributed by atoms with Gasteiger partial charge in [0.1, 0.15) is 0 Å². The highest BCUT2D eigenvalue weighted by molar-refractivity contribution is 4.87. The van der Waals surface area contributed by atoms with Crippen LogP contribution in [0.5, 0.6) is 0 Å². The van der Waals surface area contributed by atoms with Crippen LogP contribution in [0.2, 0.25) is 0 Å². The third-order valence-electron chi connectivity index (χ3n) is 3.99. The van der Waals surface area contributed by atoms with Crippen LogP contribution >= 0.6 is 0 Å². The number of aliphatic hydroxyl groups excluding tert-OH is 1. The first-order valence-electron chi connectivity index (χ1n) is 6.25. The highest BCUT2D eigenvalue weighted by atomic mass is 16.3. The van der Waals surface area contributed by atoms with Gasteiger partial charge in [0, 0.05) is 12.1 Å². The summed E-state index contributed by atoms with van der Waals surface area (Å²) >= 11 is 0. The highest BCUT2D eigenvalue weighted by Crippen LogP contribution is 2.30. The third kappa shape index (κ3) is 2.12. The summed E-state index contributed by atoms with van der Waals surface area (Å²) in [5.74, 6) is 0. The number of aliphatic hydroxyl groups is 1. The van der Waals surface area contributed by atoms with Crippen LogP contribution in [-0.2, 0) is 0 Å². The maximum absolute atomic E-state index is 9.56. The quantitative estimate of drug-likeness (QED) is 0.733. The Balaban J connectivity index is 1.93. The van der Waals surface area contributed by atoms with Crippen molar-refractivity contribution in [2.24, 2.45) is 0 Å². The van der Waals surface area contributed by atoms with Gasteiger partial charge in [-0.15, -0.1) is 0 Å². The van der Waals surface area contributed by atoms with E-state index in [1.807, 2.05) is 0 Å². The molecule has 3 unspecified atom stereocenters. The number of nitrogens with zero attached hydrogens (tertiary/aromatic N) is 1. The van der Waals surface area contributed by atoms with Crippen molar-refractivity contribution in [3.8, 4) is 0 Å². The normalized spacial score (nSPS) is 40.3. The smallest absolute Gasteiger partial charge is 0.0555 e. The summed E-state index contributed by atoms with van der Waals surface area (Å²) in [5, 5.41) is 9.56. The van der Waals surface area contributed by atoms with Gasteiger partial charge in [0.25, 0.3) is 0 Å². The van der Waals surface area contributed by atoms with E-state index in [9.17, 15) is 5.11 Å². The van der Waals surface area contributed by atoms with Gasteiger partial charge in [-0.05, 0) is 45.1 Å². The van der Waals surface area contributed by atoms with Crippen molar-refractivity contribution in [1.29, 1.82) is 0 Å². The van der Waals surface area contributed by atoms with E-state index in [0.29, 0.717) is 6.04 Å². The molecule has 0 aromatic rings. The number of likely N-dealkylation sites (tertiary alicyclic amines) is 1. The molecule has 0 amide bonds. The van der Waals surface area contributed by atoms with Crippen LogP contribution in [0, 0.1) is 0 Å². The average molecular weight is 197 g/mol. The van der Waals surface area contributed by atoms with E-state index in [4.69, 9.17) is 0 Å². The lowest BCUT2D eigenvalue weighted by atomic mass is 9.97. The SMILES string of the molecule is CCC1CCCCN1C1CCC(O)C1. The van der Waals surface area contributed by atoms with Gasteiger partial charge in [-0.2, -0.15) is 0 Å². The summed E-state index contributed by atoms with van der Waals surface area (Å²) in [4.78, 5) is 2.68. The molecule has 0 spiro atoms. The number of piperidine rings is 1. The zero-order valence-corrected chi connectivity index (χ0v) is 9.28. The van der Waals surface area contributed by atoms with Crippen molar-refractivity contribution >= 4 is 0 Å². The number of rotatable bonds is 2. The Morgan fingerprint density at radius 2 is 2.07 bits per heavy atom. The van der Waals surface area contributed by atoms with E-state index in [0.717, 1.165) is 18.9 Å². The molecule has 2 rings (SSSR count). The first-order chi connectivity index (χ1) is 6.81. The van der Waals surface area contributed by atoms with Crippen molar-refractivity contribution in [2.75, 3.05) is 6.54 Å². The maximum Gasteiger partial charge on any atom is 0.0555 e. The first-order valence-corrected chi connectivity index (χ1v) is 6.25. The van der Waals surface area contributed by atoms with Crippen molar-refractivity contribution in [3.05, 3.63) is 0 Å². The molecule has 0 radical (unpaired) electrons. The van der Waals surface area contributed by atoms with Gasteiger partial charge in [0.2, 0.25) is 0 Å². The lowest BCUT2D eigenvalue weighted by molar-refractivity contribution is 0.0833. The Morgan fingerprint density at radius 1 is 1.21 bits per heavy atom. The van der Waals surface area contributed by atoms with Crippen LogP contribution < -0.4 is 0 Å². The predicted octanol–water partition coefficient (Wildman–Crippen LogP) is 2.16. The van der Waals surface area contributed by atoms with Crippen LogP contribution in [0.15, 0.2) is 0 Å². The van der Waals surface area contributed by atoms with Gasteiger partial charge in [-0.3, -0.25) is 4.90 Å². The molecule has 2 aliphatic rings. The Hall–Kier alpha value is -0.0800. The topological polar surface area (TPSA) is 23.5 Å². The van der Waals surface area contributed by atoms with Gasteiger partial charge in [0.05, 0.1) is 6.10 Å². The second-order valence-electron chi connectivity index (χ2n) is 4.92. The highest BCUT2D eigenvalue weighted by Gasteiger charge is 2.32. The molecule has 2 nitrogen and oxygen atoms in total. The second kappa shape index (κ2) is 4.63. The van der Waals surface area contributed by atoms with Crippen molar-refractivity contribution in [1.82, 2.24) is 4.90 Å². The first kappa shape index (κ1) is 10.4. The summed E-state index contributed by atoms with van der Waals surface area (Å²) in [6.07, 6.45) is 8.69. The summed E-state index contributed by atoms with van der Waals surface area (Å²) < 4.78 is 0. The molecule has 1 heterocycles. The van der Waals surface area contributed by atoms with Crippen molar-refractivity contribution in [3.63, 3.8) is 0 Å². The lowest BCUT2D eigenvalue weighted by Gasteiger charge is -2.39. The van der Waals surface area contributed by atoms with Gasteiger partial charge < -0.3 is 5.11 Å². The molecule has 0 bridgehead atoms. The monoisotopic (exact) mass is 197 g/mol. The molecule has 1 saturated heterocycles. The lowest BCUT2D eigenvalue weighted by Crippen LogP contribution is -2.45.